The lowest BCUT2D eigenvalue weighted by atomic mass is 9.81. The monoisotopic (exact) mass is 486 g/mol. The third kappa shape index (κ3) is 8.99. The van der Waals surface area contributed by atoms with E-state index < -0.39 is 73.3 Å². The molecule has 3 amide bonds. The molecule has 34 heavy (non-hydrogen) atoms. The van der Waals surface area contributed by atoms with Crippen LogP contribution >= 0.6 is 0 Å². The Morgan fingerprint density at radius 3 is 2.09 bits per heavy atom. The zero-order valence-electron chi connectivity index (χ0n) is 18.0. The van der Waals surface area contributed by atoms with Crippen LogP contribution in [0.15, 0.2) is 12.3 Å². The number of carbonyl (C=O) groups is 5. The molecule has 1 aromatic rings. The van der Waals surface area contributed by atoms with E-state index in [0.717, 1.165) is 17.2 Å². The van der Waals surface area contributed by atoms with Gasteiger partial charge in [-0.1, -0.05) is 0 Å². The van der Waals surface area contributed by atoms with Crippen LogP contribution in [0.5, 0.6) is 0 Å². The van der Waals surface area contributed by atoms with Gasteiger partial charge in [0, 0.05) is 25.4 Å². The molecule has 186 valence electrons. The average Bonchev–Trinajstić information content (AvgIpc) is 2.74. The highest BCUT2D eigenvalue weighted by atomic mass is 19.1. The standard InChI is InChI=1S/C18H24BFN4O10/c1-24(9-7-10(19(33)34)15(20)21-8-9)13(25)4-2-3-11(16(28)29)22-18(32)23-12(17(30)31)5-6-14(26)27/h7-8,11-12,33-34H,2-6H2,1H3,(H,26,27)(H,28,29)(H,30,31)(H2,22,23,32)/t11-,12-/m0/s1. The zero-order chi connectivity index (χ0) is 26.0. The number of hydrogen-bond acceptors (Lipinski definition) is 8. The number of carboxylic acids is 3. The van der Waals surface area contributed by atoms with E-state index in [9.17, 15) is 33.5 Å². The molecule has 1 heterocycles. The van der Waals surface area contributed by atoms with Gasteiger partial charge in [-0.25, -0.2) is 19.4 Å². The summed E-state index contributed by atoms with van der Waals surface area (Å²) in [5, 5.41) is 49.3. The maximum absolute atomic E-state index is 13.5. The molecule has 0 spiro atoms. The molecule has 0 unspecified atom stereocenters. The SMILES string of the molecule is CN(C(=O)CCC[C@H](NC(=O)N[C@@H](CCC(=O)O)C(=O)O)C(=O)O)c1cnc(F)c(B(O)O)c1. The van der Waals surface area contributed by atoms with Crippen molar-refractivity contribution < 1.29 is 53.7 Å². The van der Waals surface area contributed by atoms with Crippen molar-refractivity contribution in [3.05, 3.63) is 18.2 Å². The van der Waals surface area contributed by atoms with Gasteiger partial charge in [-0.2, -0.15) is 4.39 Å². The molecule has 16 heteroatoms. The van der Waals surface area contributed by atoms with E-state index in [-0.39, 0.29) is 24.9 Å². The number of nitrogens with zero attached hydrogens (tertiary/aromatic N) is 2. The molecule has 1 rings (SSSR count). The van der Waals surface area contributed by atoms with Crippen molar-refractivity contribution in [2.75, 3.05) is 11.9 Å². The van der Waals surface area contributed by atoms with Gasteiger partial charge in [-0.3, -0.25) is 9.59 Å². The summed E-state index contributed by atoms with van der Waals surface area (Å²) in [5.41, 5.74) is -0.482. The lowest BCUT2D eigenvalue weighted by Gasteiger charge is -2.20. The summed E-state index contributed by atoms with van der Waals surface area (Å²) in [7, 11) is -0.830. The van der Waals surface area contributed by atoms with Gasteiger partial charge in [0.25, 0.3) is 0 Å². The van der Waals surface area contributed by atoms with Crippen LogP contribution in [0.4, 0.5) is 14.9 Å². The quantitative estimate of drug-likeness (QED) is 0.120. The fourth-order valence-electron chi connectivity index (χ4n) is 2.73. The van der Waals surface area contributed by atoms with Crippen LogP contribution in [0.2, 0.25) is 0 Å². The first kappa shape index (κ1) is 28.2. The number of aliphatic carboxylic acids is 3. The van der Waals surface area contributed by atoms with Crippen LogP contribution in [0.3, 0.4) is 0 Å². The molecule has 0 aliphatic heterocycles. The molecular formula is C18H24BFN4O10. The summed E-state index contributed by atoms with van der Waals surface area (Å²) in [5.74, 6) is -5.88. The molecule has 0 radical (unpaired) electrons. The third-order valence-electron chi connectivity index (χ3n) is 4.63. The summed E-state index contributed by atoms with van der Waals surface area (Å²) in [4.78, 5) is 61.8. The molecule has 0 fully saturated rings. The van der Waals surface area contributed by atoms with E-state index in [2.05, 4.69) is 10.3 Å². The molecule has 0 aliphatic carbocycles. The van der Waals surface area contributed by atoms with Crippen molar-refractivity contribution in [1.29, 1.82) is 0 Å². The smallest absolute Gasteiger partial charge is 0.481 e. The highest BCUT2D eigenvalue weighted by molar-refractivity contribution is 6.58. The van der Waals surface area contributed by atoms with Crippen LogP contribution in [-0.4, -0.2) is 86.4 Å². The molecule has 14 nitrogen and oxygen atoms in total. The highest BCUT2D eigenvalue weighted by Crippen LogP contribution is 2.13. The fourth-order valence-corrected chi connectivity index (χ4v) is 2.73. The van der Waals surface area contributed by atoms with Gasteiger partial charge in [0.05, 0.1) is 11.9 Å². The van der Waals surface area contributed by atoms with Crippen molar-refractivity contribution >= 4 is 48.1 Å². The second kappa shape index (κ2) is 13.1. The summed E-state index contributed by atoms with van der Waals surface area (Å²) < 4.78 is 13.5. The summed E-state index contributed by atoms with van der Waals surface area (Å²) >= 11 is 0. The zero-order valence-corrected chi connectivity index (χ0v) is 18.0. The number of halogens is 1. The fraction of sp³-hybridized carbons (Fsp3) is 0.444. The predicted molar refractivity (Wildman–Crippen MR) is 113 cm³/mol. The number of rotatable bonds is 13. The van der Waals surface area contributed by atoms with Crippen LogP contribution in [0.25, 0.3) is 0 Å². The minimum absolute atomic E-state index is 0.0219. The minimum atomic E-state index is -2.14. The topological polar surface area (TPSA) is 227 Å². The Morgan fingerprint density at radius 1 is 1.03 bits per heavy atom. The molecule has 2 atom stereocenters. The van der Waals surface area contributed by atoms with Gasteiger partial charge in [0.1, 0.15) is 12.1 Å². The Labute approximate surface area is 192 Å². The van der Waals surface area contributed by atoms with Crippen LogP contribution < -0.4 is 21.0 Å². The second-order valence-corrected chi connectivity index (χ2v) is 7.12. The van der Waals surface area contributed by atoms with Crippen molar-refractivity contribution in [3.8, 4) is 0 Å². The van der Waals surface area contributed by atoms with Crippen LogP contribution in [0, 0.1) is 5.95 Å². The van der Waals surface area contributed by atoms with E-state index in [1.165, 1.54) is 7.05 Å². The first-order valence-electron chi connectivity index (χ1n) is 9.86. The van der Waals surface area contributed by atoms with Gasteiger partial charge < -0.3 is 40.9 Å². The van der Waals surface area contributed by atoms with Crippen LogP contribution in [0.1, 0.15) is 32.1 Å². The summed E-state index contributed by atoms with van der Waals surface area (Å²) in [6.07, 6.45) is -0.381. The number of nitrogens with one attached hydrogen (secondary N) is 2. The van der Waals surface area contributed by atoms with E-state index in [0.29, 0.717) is 0 Å². The maximum atomic E-state index is 13.5. The Hall–Kier alpha value is -3.79. The minimum Gasteiger partial charge on any atom is -0.481 e. The van der Waals surface area contributed by atoms with Gasteiger partial charge in [0.15, 0.2) is 0 Å². The van der Waals surface area contributed by atoms with Gasteiger partial charge in [0.2, 0.25) is 11.9 Å². The summed E-state index contributed by atoms with van der Waals surface area (Å²) in [6.45, 7) is 0. The van der Waals surface area contributed by atoms with Crippen molar-refractivity contribution in [3.63, 3.8) is 0 Å². The molecule has 1 aromatic heterocycles. The predicted octanol–water partition coefficient (Wildman–Crippen LogP) is -1.90. The first-order chi connectivity index (χ1) is 15.8. The molecule has 0 aromatic carbocycles. The largest absolute Gasteiger partial charge is 0.493 e. The highest BCUT2D eigenvalue weighted by Gasteiger charge is 2.25. The Kier molecular flexibility index (Phi) is 10.8. The Bertz CT molecular complexity index is 932. The van der Waals surface area contributed by atoms with Crippen molar-refractivity contribution in [1.82, 2.24) is 15.6 Å². The van der Waals surface area contributed by atoms with Gasteiger partial charge >= 0.3 is 31.1 Å². The lowest BCUT2D eigenvalue weighted by Crippen LogP contribution is -2.51. The number of amides is 3. The van der Waals surface area contributed by atoms with Crippen molar-refractivity contribution in [2.24, 2.45) is 0 Å². The average molecular weight is 486 g/mol. The van der Waals surface area contributed by atoms with E-state index >= 15 is 0 Å². The van der Waals surface area contributed by atoms with Gasteiger partial charge in [-0.15, -0.1) is 0 Å². The summed E-state index contributed by atoms with van der Waals surface area (Å²) in [6, 6.07) is -3.15. The molecule has 7 N–H and O–H groups in total. The van der Waals surface area contributed by atoms with Crippen molar-refractivity contribution in [2.45, 2.75) is 44.2 Å². The number of aromatic nitrogens is 1. The number of carboxylic acid groups (broad SMARTS) is 3. The lowest BCUT2D eigenvalue weighted by molar-refractivity contribution is -0.140. The second-order valence-electron chi connectivity index (χ2n) is 7.12. The Balaban J connectivity index is 2.66. The van der Waals surface area contributed by atoms with Gasteiger partial charge in [-0.05, 0) is 25.3 Å². The van der Waals surface area contributed by atoms with E-state index in [4.69, 9.17) is 20.3 Å². The number of carbonyl (C=O) groups excluding carboxylic acids is 2. The molecular weight excluding hydrogens is 462 g/mol. The molecule has 0 saturated heterocycles. The van der Waals surface area contributed by atoms with E-state index in [1.807, 2.05) is 5.32 Å². The normalized spacial score (nSPS) is 12.2. The Morgan fingerprint density at radius 2 is 1.59 bits per heavy atom. The molecule has 0 aliphatic rings. The number of anilines is 1. The number of urea groups is 1. The van der Waals surface area contributed by atoms with Crippen LogP contribution in [-0.2, 0) is 19.2 Å². The number of hydrogen-bond donors (Lipinski definition) is 7. The molecule has 0 saturated carbocycles. The van der Waals surface area contributed by atoms with E-state index in [1.54, 1.807) is 0 Å². The number of pyridine rings is 1. The third-order valence-corrected chi connectivity index (χ3v) is 4.63. The maximum Gasteiger partial charge on any atom is 0.493 e. The first-order valence-corrected chi connectivity index (χ1v) is 9.86. The molecule has 0 bridgehead atoms.